The molecule has 0 heterocycles. The summed E-state index contributed by atoms with van der Waals surface area (Å²) in [5.74, 6) is 6.06. The maximum Gasteiger partial charge on any atom is 0.0489 e. The van der Waals surface area contributed by atoms with Gasteiger partial charge in [0.2, 0.25) is 0 Å². The Morgan fingerprint density at radius 2 is 1.11 bits per heavy atom. The van der Waals surface area contributed by atoms with Crippen molar-refractivity contribution in [3.63, 3.8) is 0 Å². The highest BCUT2D eigenvalue weighted by Crippen LogP contribution is 2.19. The summed E-state index contributed by atoms with van der Waals surface area (Å²) >= 11 is 6.79. The Balaban J connectivity index is 2.42. The molecule has 2 aromatic rings. The van der Waals surface area contributed by atoms with Crippen LogP contribution in [-0.4, -0.2) is 0 Å². The van der Waals surface area contributed by atoms with E-state index in [1.807, 2.05) is 36.4 Å². The van der Waals surface area contributed by atoms with Gasteiger partial charge in [-0.1, -0.05) is 43.7 Å². The van der Waals surface area contributed by atoms with E-state index in [0.717, 1.165) is 20.1 Å². The summed E-state index contributed by atoms with van der Waals surface area (Å²) in [5, 5.41) is 0. The molecule has 2 aromatic carbocycles. The Labute approximate surface area is 123 Å². The van der Waals surface area contributed by atoms with E-state index >= 15 is 0 Å². The van der Waals surface area contributed by atoms with Crippen molar-refractivity contribution >= 4 is 43.2 Å². The van der Waals surface area contributed by atoms with Gasteiger partial charge in [0.15, 0.2) is 0 Å². The molecule has 18 heavy (non-hydrogen) atoms. The van der Waals surface area contributed by atoms with Crippen molar-refractivity contribution in [2.75, 3.05) is 11.5 Å². The maximum atomic E-state index is 5.86. The minimum atomic E-state index is 0.652. The first-order valence-electron chi connectivity index (χ1n) is 5.18. The minimum Gasteiger partial charge on any atom is -0.398 e. The summed E-state index contributed by atoms with van der Waals surface area (Å²) in [6.45, 7) is 0. The van der Waals surface area contributed by atoms with Crippen molar-refractivity contribution in [2.45, 2.75) is 0 Å². The topological polar surface area (TPSA) is 52.0 Å². The van der Waals surface area contributed by atoms with Crippen molar-refractivity contribution in [2.24, 2.45) is 0 Å². The molecule has 2 nitrogen and oxygen atoms in total. The van der Waals surface area contributed by atoms with Crippen molar-refractivity contribution in [1.29, 1.82) is 0 Å². The van der Waals surface area contributed by atoms with E-state index in [-0.39, 0.29) is 0 Å². The molecule has 2 rings (SSSR count). The van der Waals surface area contributed by atoms with Crippen LogP contribution in [0.2, 0.25) is 0 Å². The van der Waals surface area contributed by atoms with E-state index in [4.69, 9.17) is 11.5 Å². The second kappa shape index (κ2) is 5.47. The largest absolute Gasteiger partial charge is 0.398 e. The van der Waals surface area contributed by atoms with Gasteiger partial charge in [-0.15, -0.1) is 0 Å². The van der Waals surface area contributed by atoms with E-state index in [1.165, 1.54) is 0 Å². The molecule has 0 aromatic heterocycles. The molecule has 0 atom stereocenters. The molecule has 4 heteroatoms. The molecule has 0 bridgehead atoms. The number of hydrogen-bond donors (Lipinski definition) is 2. The third-order valence-electron chi connectivity index (χ3n) is 2.36. The highest BCUT2D eigenvalue weighted by atomic mass is 79.9. The van der Waals surface area contributed by atoms with E-state index < -0.39 is 0 Å². The Kier molecular flexibility index (Phi) is 3.95. The fourth-order valence-corrected chi connectivity index (χ4v) is 2.13. The van der Waals surface area contributed by atoms with Gasteiger partial charge < -0.3 is 11.5 Å². The number of anilines is 2. The van der Waals surface area contributed by atoms with Crippen LogP contribution in [0.4, 0.5) is 11.4 Å². The van der Waals surface area contributed by atoms with Crippen LogP contribution in [-0.2, 0) is 0 Å². The first kappa shape index (κ1) is 13.0. The number of rotatable bonds is 0. The Bertz CT molecular complexity index is 599. The van der Waals surface area contributed by atoms with Gasteiger partial charge in [0.05, 0.1) is 0 Å². The van der Waals surface area contributed by atoms with Gasteiger partial charge in [0.25, 0.3) is 0 Å². The van der Waals surface area contributed by atoms with Crippen molar-refractivity contribution in [3.8, 4) is 11.8 Å². The summed E-state index contributed by atoms with van der Waals surface area (Å²) in [7, 11) is 0. The van der Waals surface area contributed by atoms with E-state index in [0.29, 0.717) is 11.4 Å². The third kappa shape index (κ3) is 3.06. The lowest BCUT2D eigenvalue weighted by Gasteiger charge is -2.00. The molecular formula is C14H10Br2N2. The molecule has 0 aliphatic rings. The second-order valence-electron chi connectivity index (χ2n) is 3.71. The van der Waals surface area contributed by atoms with Gasteiger partial charge in [-0.2, -0.15) is 0 Å². The Morgan fingerprint density at radius 1 is 0.722 bits per heavy atom. The zero-order chi connectivity index (χ0) is 13.1. The van der Waals surface area contributed by atoms with Gasteiger partial charge in [0.1, 0.15) is 0 Å². The predicted octanol–water partition coefficient (Wildman–Crippen LogP) is 3.78. The van der Waals surface area contributed by atoms with Gasteiger partial charge in [-0.25, -0.2) is 0 Å². The quantitative estimate of drug-likeness (QED) is 0.551. The van der Waals surface area contributed by atoms with Crippen LogP contribution in [0.1, 0.15) is 11.1 Å². The SMILES string of the molecule is Nc1ccc(Br)cc1C#Cc1cc(Br)ccc1N. The third-order valence-corrected chi connectivity index (χ3v) is 3.35. The molecule has 0 fully saturated rings. The summed E-state index contributed by atoms with van der Waals surface area (Å²) in [4.78, 5) is 0. The summed E-state index contributed by atoms with van der Waals surface area (Å²) in [6.07, 6.45) is 0. The number of hydrogen-bond acceptors (Lipinski definition) is 2. The molecular weight excluding hydrogens is 356 g/mol. The lowest BCUT2D eigenvalue weighted by molar-refractivity contribution is 1.57. The number of nitrogens with two attached hydrogens (primary N) is 2. The maximum absolute atomic E-state index is 5.86. The standard InChI is InChI=1S/C14H10Br2N2/c15-11-3-5-13(17)9(7-11)1-2-10-8-12(16)4-6-14(10)18/h3-8H,17-18H2. The molecule has 90 valence electrons. The van der Waals surface area contributed by atoms with E-state index in [1.54, 1.807) is 0 Å². The molecule has 0 radical (unpaired) electrons. The van der Waals surface area contributed by atoms with Gasteiger partial charge in [-0.05, 0) is 36.4 Å². The molecule has 0 aliphatic heterocycles. The zero-order valence-corrected chi connectivity index (χ0v) is 12.5. The van der Waals surface area contributed by atoms with Crippen LogP contribution >= 0.6 is 31.9 Å². The van der Waals surface area contributed by atoms with Gasteiger partial charge >= 0.3 is 0 Å². The normalized spacial score (nSPS) is 9.67. The van der Waals surface area contributed by atoms with Crippen LogP contribution < -0.4 is 11.5 Å². The smallest absolute Gasteiger partial charge is 0.0489 e. The van der Waals surface area contributed by atoms with Crippen LogP contribution in [0.3, 0.4) is 0 Å². The number of nitrogen functional groups attached to an aromatic ring is 2. The lowest BCUT2D eigenvalue weighted by Crippen LogP contribution is -1.91. The number of halogens is 2. The first-order valence-corrected chi connectivity index (χ1v) is 6.77. The average Bonchev–Trinajstić information content (AvgIpc) is 2.34. The summed E-state index contributed by atoms with van der Waals surface area (Å²) in [5.41, 5.74) is 14.6. The summed E-state index contributed by atoms with van der Waals surface area (Å²) in [6, 6.07) is 11.2. The van der Waals surface area contributed by atoms with Gasteiger partial charge in [-0.3, -0.25) is 0 Å². The van der Waals surface area contributed by atoms with Crippen molar-refractivity contribution < 1.29 is 0 Å². The van der Waals surface area contributed by atoms with Crippen LogP contribution in [0.25, 0.3) is 0 Å². The summed E-state index contributed by atoms with van der Waals surface area (Å²) < 4.78 is 1.89. The van der Waals surface area contributed by atoms with Gasteiger partial charge in [0, 0.05) is 31.4 Å². The fourth-order valence-electron chi connectivity index (χ4n) is 1.41. The molecule has 0 unspecified atom stereocenters. The van der Waals surface area contributed by atoms with Crippen LogP contribution in [0.15, 0.2) is 45.3 Å². The molecule has 4 N–H and O–H groups in total. The predicted molar refractivity (Wildman–Crippen MR) is 83.1 cm³/mol. The average molecular weight is 366 g/mol. The fraction of sp³-hybridized carbons (Fsp3) is 0. The van der Waals surface area contributed by atoms with Crippen LogP contribution in [0, 0.1) is 11.8 Å². The highest BCUT2D eigenvalue weighted by Gasteiger charge is 1.98. The van der Waals surface area contributed by atoms with Crippen molar-refractivity contribution in [1.82, 2.24) is 0 Å². The lowest BCUT2D eigenvalue weighted by atomic mass is 10.1. The Hall–Kier alpha value is -1.44. The zero-order valence-electron chi connectivity index (χ0n) is 9.37. The van der Waals surface area contributed by atoms with E-state index in [9.17, 15) is 0 Å². The first-order chi connectivity index (χ1) is 8.56. The van der Waals surface area contributed by atoms with Crippen LogP contribution in [0.5, 0.6) is 0 Å². The second-order valence-corrected chi connectivity index (χ2v) is 5.54. The highest BCUT2D eigenvalue weighted by molar-refractivity contribution is 9.10. The molecule has 0 saturated carbocycles. The number of benzene rings is 2. The molecule has 0 amide bonds. The minimum absolute atomic E-state index is 0.652. The molecule has 0 saturated heterocycles. The Morgan fingerprint density at radius 3 is 1.50 bits per heavy atom. The molecule has 0 aliphatic carbocycles. The van der Waals surface area contributed by atoms with E-state index in [2.05, 4.69) is 43.7 Å². The molecule has 0 spiro atoms. The monoisotopic (exact) mass is 364 g/mol. The van der Waals surface area contributed by atoms with Crippen molar-refractivity contribution in [3.05, 3.63) is 56.5 Å².